The van der Waals surface area contributed by atoms with Crippen molar-refractivity contribution in [1.29, 1.82) is 0 Å². The fourth-order valence-corrected chi connectivity index (χ4v) is 3.48. The monoisotopic (exact) mass is 244 g/mol. The summed E-state index contributed by atoms with van der Waals surface area (Å²) in [4.78, 5) is 4.64. The van der Waals surface area contributed by atoms with Crippen LogP contribution in [0, 0.1) is 5.92 Å². The zero-order valence-corrected chi connectivity index (χ0v) is 11.4. The molecule has 2 nitrogen and oxygen atoms in total. The summed E-state index contributed by atoms with van der Waals surface area (Å²) in [5, 5.41) is 3.51. The smallest absolute Gasteiger partial charge is 0.0466 e. The topological polar surface area (TPSA) is 24.9 Å². The lowest BCUT2D eigenvalue weighted by Crippen LogP contribution is -2.28. The third kappa shape index (κ3) is 2.59. The predicted octanol–water partition coefficient (Wildman–Crippen LogP) is 3.28. The van der Waals surface area contributed by atoms with Gasteiger partial charge in [0.05, 0.1) is 0 Å². The second-order valence-electron chi connectivity index (χ2n) is 5.95. The maximum atomic E-state index is 4.64. The second-order valence-corrected chi connectivity index (χ2v) is 5.95. The SMILES string of the molecule is CNC(CCC1CCCc2cccnc21)C1CC1. The van der Waals surface area contributed by atoms with Crippen molar-refractivity contribution in [3.63, 3.8) is 0 Å². The summed E-state index contributed by atoms with van der Waals surface area (Å²) in [6.45, 7) is 0. The second kappa shape index (κ2) is 5.40. The average Bonchev–Trinajstić information content (AvgIpc) is 3.24. The highest BCUT2D eigenvalue weighted by Crippen LogP contribution is 2.38. The van der Waals surface area contributed by atoms with Crippen LogP contribution in [0.2, 0.25) is 0 Å². The molecule has 2 heteroatoms. The Kier molecular flexibility index (Phi) is 3.64. The molecule has 98 valence electrons. The van der Waals surface area contributed by atoms with E-state index < -0.39 is 0 Å². The van der Waals surface area contributed by atoms with Gasteiger partial charge in [-0.1, -0.05) is 6.07 Å². The molecule has 0 aliphatic heterocycles. The number of nitrogens with one attached hydrogen (secondary N) is 1. The summed E-state index contributed by atoms with van der Waals surface area (Å²) >= 11 is 0. The Morgan fingerprint density at radius 3 is 3.06 bits per heavy atom. The molecule has 2 atom stereocenters. The molecule has 1 aromatic heterocycles. The van der Waals surface area contributed by atoms with Gasteiger partial charge in [0.1, 0.15) is 0 Å². The van der Waals surface area contributed by atoms with E-state index in [1.165, 1.54) is 56.2 Å². The molecule has 1 aromatic rings. The number of aryl methyl sites for hydroxylation is 1. The Labute approximate surface area is 110 Å². The number of aromatic nitrogens is 1. The number of hydrogen-bond acceptors (Lipinski definition) is 2. The molecule has 3 rings (SSSR count). The average molecular weight is 244 g/mol. The van der Waals surface area contributed by atoms with Gasteiger partial charge in [-0.05, 0) is 69.5 Å². The minimum atomic E-state index is 0.713. The molecular formula is C16H24N2. The van der Waals surface area contributed by atoms with E-state index >= 15 is 0 Å². The van der Waals surface area contributed by atoms with E-state index in [0.29, 0.717) is 5.92 Å². The maximum Gasteiger partial charge on any atom is 0.0466 e. The van der Waals surface area contributed by atoms with Crippen LogP contribution in [0.15, 0.2) is 18.3 Å². The Morgan fingerprint density at radius 1 is 1.39 bits per heavy atom. The molecule has 0 amide bonds. The van der Waals surface area contributed by atoms with Crippen LogP contribution in [-0.4, -0.2) is 18.1 Å². The van der Waals surface area contributed by atoms with E-state index in [1.807, 2.05) is 6.20 Å². The standard InChI is InChI=1S/C16H24N2/c1-17-15(12-7-8-12)10-9-14-5-2-4-13-6-3-11-18-16(13)14/h3,6,11-12,14-15,17H,2,4-5,7-10H2,1H3. The third-order valence-electron chi connectivity index (χ3n) is 4.70. The van der Waals surface area contributed by atoms with Crippen molar-refractivity contribution in [3.8, 4) is 0 Å². The Hall–Kier alpha value is -0.890. The number of hydrogen-bond donors (Lipinski definition) is 1. The quantitative estimate of drug-likeness (QED) is 0.860. The zero-order valence-electron chi connectivity index (χ0n) is 11.4. The number of nitrogens with zero attached hydrogens (tertiary/aromatic N) is 1. The van der Waals surface area contributed by atoms with Crippen LogP contribution in [0.25, 0.3) is 0 Å². The largest absolute Gasteiger partial charge is 0.317 e. The molecule has 2 unspecified atom stereocenters. The van der Waals surface area contributed by atoms with Gasteiger partial charge in [0.15, 0.2) is 0 Å². The first-order valence-corrected chi connectivity index (χ1v) is 7.49. The maximum absolute atomic E-state index is 4.64. The summed E-state index contributed by atoms with van der Waals surface area (Å²) in [5.74, 6) is 1.67. The van der Waals surface area contributed by atoms with Gasteiger partial charge in [0.2, 0.25) is 0 Å². The predicted molar refractivity (Wildman–Crippen MR) is 74.7 cm³/mol. The van der Waals surface area contributed by atoms with Crippen LogP contribution in [0.1, 0.15) is 55.7 Å². The van der Waals surface area contributed by atoms with Crippen molar-refractivity contribution in [2.24, 2.45) is 5.92 Å². The molecule has 0 saturated heterocycles. The van der Waals surface area contributed by atoms with Gasteiger partial charge >= 0.3 is 0 Å². The highest BCUT2D eigenvalue weighted by molar-refractivity contribution is 5.25. The normalized spacial score (nSPS) is 24.6. The first-order valence-electron chi connectivity index (χ1n) is 7.49. The Morgan fingerprint density at radius 2 is 2.28 bits per heavy atom. The lowest BCUT2D eigenvalue weighted by atomic mass is 9.83. The van der Waals surface area contributed by atoms with Crippen LogP contribution in [0.4, 0.5) is 0 Å². The molecule has 1 heterocycles. The van der Waals surface area contributed by atoms with Gasteiger partial charge in [0, 0.05) is 23.9 Å². The highest BCUT2D eigenvalue weighted by Gasteiger charge is 2.31. The van der Waals surface area contributed by atoms with E-state index in [9.17, 15) is 0 Å². The van der Waals surface area contributed by atoms with Crippen LogP contribution in [-0.2, 0) is 6.42 Å². The van der Waals surface area contributed by atoms with E-state index in [-0.39, 0.29) is 0 Å². The summed E-state index contributed by atoms with van der Waals surface area (Å²) in [6, 6.07) is 5.10. The van der Waals surface area contributed by atoms with Gasteiger partial charge in [-0.25, -0.2) is 0 Å². The van der Waals surface area contributed by atoms with Crippen molar-refractivity contribution in [1.82, 2.24) is 10.3 Å². The van der Waals surface area contributed by atoms with E-state index in [0.717, 1.165) is 12.0 Å². The van der Waals surface area contributed by atoms with Crippen LogP contribution in [0.5, 0.6) is 0 Å². The van der Waals surface area contributed by atoms with Gasteiger partial charge in [-0.15, -0.1) is 0 Å². The molecule has 0 bridgehead atoms. The Bertz CT molecular complexity index is 398. The van der Waals surface area contributed by atoms with Gasteiger partial charge in [-0.2, -0.15) is 0 Å². The van der Waals surface area contributed by atoms with Crippen LogP contribution < -0.4 is 5.32 Å². The number of pyridine rings is 1. The van der Waals surface area contributed by atoms with E-state index in [4.69, 9.17) is 0 Å². The van der Waals surface area contributed by atoms with Crippen molar-refractivity contribution in [3.05, 3.63) is 29.6 Å². The molecule has 1 fully saturated rings. The first kappa shape index (κ1) is 12.2. The van der Waals surface area contributed by atoms with E-state index in [1.54, 1.807) is 0 Å². The Balaban J connectivity index is 1.63. The van der Waals surface area contributed by atoms with Crippen molar-refractivity contribution in [2.75, 3.05) is 7.05 Å². The molecule has 1 saturated carbocycles. The molecule has 1 N–H and O–H groups in total. The fraction of sp³-hybridized carbons (Fsp3) is 0.688. The summed E-state index contributed by atoms with van der Waals surface area (Å²) in [7, 11) is 2.12. The van der Waals surface area contributed by atoms with Crippen molar-refractivity contribution < 1.29 is 0 Å². The molecule has 0 spiro atoms. The molecule has 2 aliphatic carbocycles. The van der Waals surface area contributed by atoms with Crippen molar-refractivity contribution in [2.45, 2.75) is 56.9 Å². The summed E-state index contributed by atoms with van der Waals surface area (Å²) in [6.07, 6.45) is 11.4. The number of fused-ring (bicyclic) bond motifs is 1. The van der Waals surface area contributed by atoms with Gasteiger partial charge < -0.3 is 5.32 Å². The molecule has 0 aromatic carbocycles. The highest BCUT2D eigenvalue weighted by atomic mass is 14.9. The molecular weight excluding hydrogens is 220 g/mol. The minimum absolute atomic E-state index is 0.713. The lowest BCUT2D eigenvalue weighted by molar-refractivity contribution is 0.408. The van der Waals surface area contributed by atoms with Crippen LogP contribution >= 0.6 is 0 Å². The van der Waals surface area contributed by atoms with Crippen LogP contribution in [0.3, 0.4) is 0 Å². The molecule has 2 aliphatic rings. The van der Waals surface area contributed by atoms with Crippen molar-refractivity contribution >= 4 is 0 Å². The number of rotatable bonds is 5. The van der Waals surface area contributed by atoms with Gasteiger partial charge in [-0.3, -0.25) is 4.98 Å². The molecule has 18 heavy (non-hydrogen) atoms. The van der Waals surface area contributed by atoms with Gasteiger partial charge in [0.25, 0.3) is 0 Å². The third-order valence-corrected chi connectivity index (χ3v) is 4.70. The first-order chi connectivity index (χ1) is 8.88. The minimum Gasteiger partial charge on any atom is -0.317 e. The zero-order chi connectivity index (χ0) is 12.4. The summed E-state index contributed by atoms with van der Waals surface area (Å²) in [5.41, 5.74) is 2.90. The summed E-state index contributed by atoms with van der Waals surface area (Å²) < 4.78 is 0. The van der Waals surface area contributed by atoms with E-state index in [2.05, 4.69) is 29.5 Å². The molecule has 0 radical (unpaired) electrons. The fourth-order valence-electron chi connectivity index (χ4n) is 3.48. The lowest BCUT2D eigenvalue weighted by Gasteiger charge is -2.26.